The van der Waals surface area contributed by atoms with Gasteiger partial charge in [-0.2, -0.15) is 8.78 Å². The Bertz CT molecular complexity index is 961. The summed E-state index contributed by atoms with van der Waals surface area (Å²) >= 11 is 0. The average Bonchev–Trinajstić information content (AvgIpc) is 2.83. The first-order chi connectivity index (χ1) is 16.0. The number of carbonyl (C=O) groups is 2. The van der Waals surface area contributed by atoms with Crippen molar-refractivity contribution in [2.24, 2.45) is 0 Å². The molecule has 0 saturated carbocycles. The van der Waals surface area contributed by atoms with Crippen molar-refractivity contribution in [2.45, 2.75) is 13.0 Å². The fourth-order valence-corrected chi connectivity index (χ4v) is 3.57. The van der Waals surface area contributed by atoms with Crippen molar-refractivity contribution in [3.8, 4) is 11.5 Å². The second kappa shape index (κ2) is 11.8. The minimum absolute atomic E-state index is 0.0209. The standard InChI is InChI=1S/C24H27F2N3O4/c1-32-20-9-5-6-18(23(20)33-24(25)26)10-11-21(30)27-13-12-22(31)29-16-14-28(15-17-29)19-7-3-2-4-8-19/h2-11,24H,12-17H2,1H3,(H,27,30)/b11-10+. The molecule has 0 atom stereocenters. The number of para-hydroxylation sites is 2. The van der Waals surface area contributed by atoms with Crippen LogP contribution in [-0.4, -0.2) is 63.2 Å². The third-order valence-corrected chi connectivity index (χ3v) is 5.24. The van der Waals surface area contributed by atoms with Crippen LogP contribution in [0.3, 0.4) is 0 Å². The Hall–Kier alpha value is -3.62. The summed E-state index contributed by atoms with van der Waals surface area (Å²) in [5.74, 6) is -0.477. The molecule has 1 N–H and O–H groups in total. The first kappa shape index (κ1) is 24.0. The van der Waals surface area contributed by atoms with Crippen molar-refractivity contribution in [1.29, 1.82) is 0 Å². The van der Waals surface area contributed by atoms with E-state index in [-0.39, 0.29) is 35.9 Å². The van der Waals surface area contributed by atoms with Gasteiger partial charge in [-0.15, -0.1) is 0 Å². The van der Waals surface area contributed by atoms with Crippen LogP contribution < -0.4 is 19.7 Å². The van der Waals surface area contributed by atoms with Gasteiger partial charge in [-0.25, -0.2) is 0 Å². The lowest BCUT2D eigenvalue weighted by Gasteiger charge is -2.36. The maximum atomic E-state index is 12.7. The van der Waals surface area contributed by atoms with E-state index in [4.69, 9.17) is 4.74 Å². The number of halogens is 2. The van der Waals surface area contributed by atoms with Gasteiger partial charge < -0.3 is 24.6 Å². The number of nitrogens with one attached hydrogen (secondary N) is 1. The Labute approximate surface area is 191 Å². The molecule has 1 aliphatic heterocycles. The van der Waals surface area contributed by atoms with Gasteiger partial charge in [-0.3, -0.25) is 9.59 Å². The highest BCUT2D eigenvalue weighted by molar-refractivity contribution is 5.92. The normalized spacial score (nSPS) is 13.9. The summed E-state index contributed by atoms with van der Waals surface area (Å²) in [6, 6.07) is 14.7. The van der Waals surface area contributed by atoms with Crippen LogP contribution in [0.2, 0.25) is 0 Å². The zero-order chi connectivity index (χ0) is 23.6. The summed E-state index contributed by atoms with van der Waals surface area (Å²) < 4.78 is 35.0. The van der Waals surface area contributed by atoms with Crippen molar-refractivity contribution < 1.29 is 27.8 Å². The molecule has 1 saturated heterocycles. The highest BCUT2D eigenvalue weighted by atomic mass is 19.3. The Morgan fingerprint density at radius 2 is 1.79 bits per heavy atom. The van der Waals surface area contributed by atoms with E-state index in [1.165, 1.54) is 31.4 Å². The summed E-state index contributed by atoms with van der Waals surface area (Å²) in [7, 11) is 1.34. The molecule has 0 bridgehead atoms. The third kappa shape index (κ3) is 6.93. The molecule has 0 aliphatic carbocycles. The van der Waals surface area contributed by atoms with Gasteiger partial charge >= 0.3 is 6.61 Å². The van der Waals surface area contributed by atoms with E-state index in [2.05, 4.69) is 27.1 Å². The van der Waals surface area contributed by atoms with E-state index in [9.17, 15) is 18.4 Å². The predicted molar refractivity (Wildman–Crippen MR) is 122 cm³/mol. The number of hydrogen-bond donors (Lipinski definition) is 1. The van der Waals surface area contributed by atoms with Gasteiger partial charge in [0.15, 0.2) is 11.5 Å². The number of alkyl halides is 2. The number of benzene rings is 2. The minimum Gasteiger partial charge on any atom is -0.493 e. The van der Waals surface area contributed by atoms with Crippen molar-refractivity contribution >= 4 is 23.6 Å². The Kier molecular flexibility index (Phi) is 8.63. The van der Waals surface area contributed by atoms with Gasteiger partial charge in [-0.1, -0.05) is 30.3 Å². The molecule has 176 valence electrons. The number of methoxy groups -OCH3 is 1. The number of amides is 2. The first-order valence-electron chi connectivity index (χ1n) is 10.6. The Morgan fingerprint density at radius 3 is 2.45 bits per heavy atom. The first-order valence-corrected chi connectivity index (χ1v) is 10.6. The van der Waals surface area contributed by atoms with E-state index in [1.807, 2.05) is 18.2 Å². The number of piperazine rings is 1. The molecule has 33 heavy (non-hydrogen) atoms. The van der Waals surface area contributed by atoms with Crippen LogP contribution in [0.1, 0.15) is 12.0 Å². The van der Waals surface area contributed by atoms with Gasteiger partial charge in [0.1, 0.15) is 0 Å². The van der Waals surface area contributed by atoms with E-state index >= 15 is 0 Å². The number of rotatable bonds is 9. The molecule has 0 aromatic heterocycles. The number of carbonyl (C=O) groups excluding carboxylic acids is 2. The van der Waals surface area contributed by atoms with E-state index in [1.54, 1.807) is 11.0 Å². The molecule has 2 amide bonds. The van der Waals surface area contributed by atoms with Gasteiger partial charge in [-0.05, 0) is 24.3 Å². The smallest absolute Gasteiger partial charge is 0.387 e. The minimum atomic E-state index is -3.03. The topological polar surface area (TPSA) is 71.1 Å². The van der Waals surface area contributed by atoms with Gasteiger partial charge in [0.25, 0.3) is 0 Å². The number of ether oxygens (including phenoxy) is 2. The fraction of sp³-hybridized carbons (Fsp3) is 0.333. The Balaban J connectivity index is 1.44. The van der Waals surface area contributed by atoms with Crippen LogP contribution in [-0.2, 0) is 9.59 Å². The second-order valence-electron chi connectivity index (χ2n) is 7.33. The molecule has 0 radical (unpaired) electrons. The SMILES string of the molecule is COc1cccc(/C=C/C(=O)NCCC(=O)N2CCN(c3ccccc3)CC2)c1OC(F)F. The monoisotopic (exact) mass is 459 g/mol. The lowest BCUT2D eigenvalue weighted by Crippen LogP contribution is -2.49. The summed E-state index contributed by atoms with van der Waals surface area (Å²) in [6.45, 7) is -0.0699. The van der Waals surface area contributed by atoms with Gasteiger partial charge in [0.2, 0.25) is 11.8 Å². The molecular weight excluding hydrogens is 432 g/mol. The third-order valence-electron chi connectivity index (χ3n) is 5.24. The second-order valence-corrected chi connectivity index (χ2v) is 7.33. The zero-order valence-corrected chi connectivity index (χ0v) is 18.4. The van der Waals surface area contributed by atoms with Crippen LogP contribution in [0.25, 0.3) is 6.08 Å². The molecule has 2 aromatic carbocycles. The molecule has 0 spiro atoms. The average molecular weight is 459 g/mol. The lowest BCUT2D eigenvalue weighted by atomic mass is 10.1. The molecular formula is C24H27F2N3O4. The molecule has 9 heteroatoms. The van der Waals surface area contributed by atoms with Crippen LogP contribution >= 0.6 is 0 Å². The van der Waals surface area contributed by atoms with Crippen LogP contribution in [0.5, 0.6) is 11.5 Å². The highest BCUT2D eigenvalue weighted by Gasteiger charge is 2.21. The fourth-order valence-electron chi connectivity index (χ4n) is 3.57. The van der Waals surface area contributed by atoms with E-state index < -0.39 is 12.5 Å². The van der Waals surface area contributed by atoms with E-state index in [0.29, 0.717) is 13.1 Å². The number of hydrogen-bond acceptors (Lipinski definition) is 5. The molecule has 1 aliphatic rings. The van der Waals surface area contributed by atoms with Gasteiger partial charge in [0.05, 0.1) is 7.11 Å². The van der Waals surface area contributed by atoms with Crippen molar-refractivity contribution in [2.75, 3.05) is 44.7 Å². The lowest BCUT2D eigenvalue weighted by molar-refractivity contribution is -0.131. The maximum absolute atomic E-state index is 12.7. The molecule has 1 heterocycles. The van der Waals surface area contributed by atoms with E-state index in [0.717, 1.165) is 18.8 Å². The van der Waals surface area contributed by atoms with Gasteiger partial charge in [0, 0.05) is 56.5 Å². The number of nitrogens with zero attached hydrogens (tertiary/aromatic N) is 2. The molecule has 3 rings (SSSR count). The molecule has 0 unspecified atom stereocenters. The Morgan fingerprint density at radius 1 is 1.06 bits per heavy atom. The molecule has 1 fully saturated rings. The molecule has 2 aromatic rings. The quantitative estimate of drug-likeness (QED) is 0.584. The van der Waals surface area contributed by atoms with Crippen molar-refractivity contribution in [1.82, 2.24) is 10.2 Å². The van der Waals surface area contributed by atoms with Crippen LogP contribution in [0, 0.1) is 0 Å². The summed E-state index contributed by atoms with van der Waals surface area (Å²) in [4.78, 5) is 28.6. The summed E-state index contributed by atoms with van der Waals surface area (Å²) in [5.41, 5.74) is 1.42. The van der Waals surface area contributed by atoms with Crippen LogP contribution in [0.15, 0.2) is 54.6 Å². The zero-order valence-electron chi connectivity index (χ0n) is 18.4. The predicted octanol–water partition coefficient (Wildman–Crippen LogP) is 3.16. The molecule has 7 nitrogen and oxygen atoms in total. The largest absolute Gasteiger partial charge is 0.493 e. The van der Waals surface area contributed by atoms with Crippen molar-refractivity contribution in [3.63, 3.8) is 0 Å². The summed E-state index contributed by atoms with van der Waals surface area (Å²) in [5, 5.41) is 2.64. The van der Waals surface area contributed by atoms with Crippen LogP contribution in [0.4, 0.5) is 14.5 Å². The number of anilines is 1. The highest BCUT2D eigenvalue weighted by Crippen LogP contribution is 2.33. The van der Waals surface area contributed by atoms with Crippen molar-refractivity contribution in [3.05, 3.63) is 60.2 Å². The summed E-state index contributed by atoms with van der Waals surface area (Å²) in [6.07, 6.45) is 2.75. The maximum Gasteiger partial charge on any atom is 0.387 e.